The number of carbonyl (C=O) groups is 2. The lowest BCUT2D eigenvalue weighted by Gasteiger charge is -2.24. The number of amides is 1. The maximum atomic E-state index is 13.0. The molecule has 1 aromatic heterocycles. The molecule has 1 saturated heterocycles. The number of likely N-dealkylation sites (tertiary alicyclic amines) is 1. The highest BCUT2D eigenvalue weighted by Crippen LogP contribution is 2.41. The third-order valence-electron chi connectivity index (χ3n) is 5.38. The molecule has 0 saturated carbocycles. The van der Waals surface area contributed by atoms with Gasteiger partial charge in [0.05, 0.1) is 18.2 Å². The highest BCUT2D eigenvalue weighted by molar-refractivity contribution is 7.10. The largest absolute Gasteiger partial charge is 0.507 e. The van der Waals surface area contributed by atoms with Crippen molar-refractivity contribution in [2.75, 3.05) is 33.8 Å². The van der Waals surface area contributed by atoms with Crippen LogP contribution >= 0.6 is 11.3 Å². The quantitative estimate of drug-likeness (QED) is 0.343. The highest BCUT2D eigenvalue weighted by atomic mass is 32.1. The van der Waals surface area contributed by atoms with Crippen molar-refractivity contribution in [2.45, 2.75) is 33.2 Å². The Kier molecular flexibility index (Phi) is 7.74. The van der Waals surface area contributed by atoms with Gasteiger partial charge in [0.25, 0.3) is 11.7 Å². The molecule has 1 fully saturated rings. The lowest BCUT2D eigenvalue weighted by atomic mass is 9.98. The SMILES string of the molecule is Cc1cc(C(O)=C2C(=O)C(=O)N(CCCN(C)C)[C@H]2c2cccs2)ccc1OCC(C)C. The molecule has 32 heavy (non-hydrogen) atoms. The van der Waals surface area contributed by atoms with E-state index in [-0.39, 0.29) is 11.3 Å². The first kappa shape index (κ1) is 24.0. The molecule has 172 valence electrons. The Morgan fingerprint density at radius 1 is 1.25 bits per heavy atom. The molecule has 1 aromatic carbocycles. The minimum Gasteiger partial charge on any atom is -0.507 e. The first-order chi connectivity index (χ1) is 15.2. The van der Waals surface area contributed by atoms with E-state index in [0.717, 1.165) is 29.2 Å². The van der Waals surface area contributed by atoms with Gasteiger partial charge in [0.15, 0.2) is 0 Å². The molecule has 6 nitrogen and oxygen atoms in total. The van der Waals surface area contributed by atoms with E-state index in [1.807, 2.05) is 43.4 Å². The van der Waals surface area contributed by atoms with Crippen LogP contribution in [-0.2, 0) is 9.59 Å². The monoisotopic (exact) mass is 456 g/mol. The van der Waals surface area contributed by atoms with Crippen LogP contribution in [0.15, 0.2) is 41.3 Å². The predicted octanol–water partition coefficient (Wildman–Crippen LogP) is 4.46. The molecule has 1 N–H and O–H groups in total. The van der Waals surface area contributed by atoms with Crippen LogP contribution < -0.4 is 4.74 Å². The molecule has 0 radical (unpaired) electrons. The Morgan fingerprint density at radius 3 is 2.59 bits per heavy atom. The number of ketones is 1. The lowest BCUT2D eigenvalue weighted by Crippen LogP contribution is -2.32. The van der Waals surface area contributed by atoms with Crippen LogP contribution in [0.5, 0.6) is 5.75 Å². The third-order valence-corrected chi connectivity index (χ3v) is 6.30. The van der Waals surface area contributed by atoms with E-state index in [1.165, 1.54) is 11.3 Å². The summed E-state index contributed by atoms with van der Waals surface area (Å²) in [6, 6.07) is 8.57. The maximum absolute atomic E-state index is 13.0. The summed E-state index contributed by atoms with van der Waals surface area (Å²) < 4.78 is 5.83. The van der Waals surface area contributed by atoms with Crippen molar-refractivity contribution in [3.63, 3.8) is 0 Å². The van der Waals surface area contributed by atoms with Gasteiger partial charge < -0.3 is 19.6 Å². The van der Waals surface area contributed by atoms with Crippen molar-refractivity contribution in [1.82, 2.24) is 9.80 Å². The summed E-state index contributed by atoms with van der Waals surface area (Å²) in [6.45, 7) is 7.92. The normalized spacial score (nSPS) is 18.2. The van der Waals surface area contributed by atoms with Gasteiger partial charge in [-0.05, 0) is 75.1 Å². The maximum Gasteiger partial charge on any atom is 0.295 e. The summed E-state index contributed by atoms with van der Waals surface area (Å²) in [5.74, 6) is -0.192. The summed E-state index contributed by atoms with van der Waals surface area (Å²) in [7, 11) is 3.95. The molecule has 3 rings (SSSR count). The average molecular weight is 457 g/mol. The van der Waals surface area contributed by atoms with Crippen molar-refractivity contribution in [2.24, 2.45) is 5.92 Å². The number of aryl methyl sites for hydroxylation is 1. The van der Waals surface area contributed by atoms with Crippen LogP contribution in [-0.4, -0.2) is 60.4 Å². The van der Waals surface area contributed by atoms with E-state index in [4.69, 9.17) is 4.74 Å². The number of Topliss-reactive ketones (excluding diaryl/α,β-unsaturated/α-hetero) is 1. The molecule has 2 heterocycles. The summed E-state index contributed by atoms with van der Waals surface area (Å²) in [4.78, 5) is 30.4. The number of nitrogens with zero attached hydrogens (tertiary/aromatic N) is 2. The number of ether oxygens (including phenoxy) is 1. The fraction of sp³-hybridized carbons (Fsp3) is 0.440. The number of rotatable bonds is 9. The van der Waals surface area contributed by atoms with Gasteiger partial charge in [-0.25, -0.2) is 0 Å². The Morgan fingerprint density at radius 2 is 2.00 bits per heavy atom. The number of thiophene rings is 1. The van der Waals surface area contributed by atoms with Crippen LogP contribution in [0.2, 0.25) is 0 Å². The van der Waals surface area contributed by atoms with Crippen LogP contribution in [0.1, 0.15) is 42.3 Å². The van der Waals surface area contributed by atoms with Gasteiger partial charge in [-0.1, -0.05) is 19.9 Å². The second-order valence-corrected chi connectivity index (χ2v) is 9.83. The first-order valence-electron chi connectivity index (χ1n) is 10.9. The van der Waals surface area contributed by atoms with E-state index in [0.29, 0.717) is 24.6 Å². The standard InChI is InChI=1S/C25H32N2O4S/c1-16(2)15-31-19-10-9-18(14-17(19)3)23(28)21-22(20-8-6-13-32-20)27(25(30)24(21)29)12-7-11-26(4)5/h6,8-10,13-14,16,22,28H,7,11-12,15H2,1-5H3/t22-/m0/s1. The van der Waals surface area contributed by atoms with Crippen LogP contribution in [0.3, 0.4) is 0 Å². The zero-order chi connectivity index (χ0) is 23.4. The lowest BCUT2D eigenvalue weighted by molar-refractivity contribution is -0.139. The number of aliphatic hydroxyl groups is 1. The Hall–Kier alpha value is -2.64. The van der Waals surface area contributed by atoms with Crippen molar-refractivity contribution in [3.8, 4) is 5.75 Å². The van der Waals surface area contributed by atoms with E-state index < -0.39 is 17.7 Å². The molecule has 1 amide bonds. The van der Waals surface area contributed by atoms with Gasteiger partial charge in [-0.2, -0.15) is 0 Å². The number of benzene rings is 1. The average Bonchev–Trinajstić information content (AvgIpc) is 3.34. The minimum absolute atomic E-state index is 0.143. The van der Waals surface area contributed by atoms with Gasteiger partial charge in [0, 0.05) is 17.0 Å². The second-order valence-electron chi connectivity index (χ2n) is 8.85. The molecule has 0 unspecified atom stereocenters. The number of aliphatic hydroxyl groups excluding tert-OH is 1. The van der Waals surface area contributed by atoms with Crippen molar-refractivity contribution < 1.29 is 19.4 Å². The zero-order valence-corrected chi connectivity index (χ0v) is 20.2. The molecule has 1 aliphatic heterocycles. The summed E-state index contributed by atoms with van der Waals surface area (Å²) >= 11 is 1.48. The van der Waals surface area contributed by atoms with Crippen molar-refractivity contribution in [1.29, 1.82) is 0 Å². The molecule has 0 bridgehead atoms. The fourth-order valence-electron chi connectivity index (χ4n) is 3.78. The molecule has 2 aromatic rings. The summed E-state index contributed by atoms with van der Waals surface area (Å²) in [6.07, 6.45) is 0.739. The molecular formula is C25H32N2O4S. The van der Waals surface area contributed by atoms with Gasteiger partial charge >= 0.3 is 0 Å². The molecule has 1 atom stereocenters. The second kappa shape index (κ2) is 10.3. The van der Waals surface area contributed by atoms with Crippen LogP contribution in [0.4, 0.5) is 0 Å². The van der Waals surface area contributed by atoms with Gasteiger partial charge in [-0.3, -0.25) is 9.59 Å². The van der Waals surface area contributed by atoms with Crippen molar-refractivity contribution >= 4 is 28.8 Å². The summed E-state index contributed by atoms with van der Waals surface area (Å²) in [5, 5.41) is 13.1. The molecular weight excluding hydrogens is 424 g/mol. The third kappa shape index (κ3) is 5.22. The zero-order valence-electron chi connectivity index (χ0n) is 19.4. The van der Waals surface area contributed by atoms with E-state index in [9.17, 15) is 14.7 Å². The smallest absolute Gasteiger partial charge is 0.295 e. The molecule has 7 heteroatoms. The van der Waals surface area contributed by atoms with E-state index >= 15 is 0 Å². The molecule has 1 aliphatic rings. The fourth-order valence-corrected chi connectivity index (χ4v) is 4.63. The molecule has 0 aliphatic carbocycles. The van der Waals surface area contributed by atoms with E-state index in [1.54, 1.807) is 23.1 Å². The number of hydrogen-bond donors (Lipinski definition) is 1. The number of hydrogen-bond acceptors (Lipinski definition) is 6. The van der Waals surface area contributed by atoms with Crippen molar-refractivity contribution in [3.05, 3.63) is 57.3 Å². The predicted molar refractivity (Wildman–Crippen MR) is 128 cm³/mol. The van der Waals surface area contributed by atoms with Crippen LogP contribution in [0.25, 0.3) is 5.76 Å². The van der Waals surface area contributed by atoms with Gasteiger partial charge in [-0.15, -0.1) is 11.3 Å². The number of carbonyl (C=O) groups excluding carboxylic acids is 2. The topological polar surface area (TPSA) is 70.1 Å². The van der Waals surface area contributed by atoms with Gasteiger partial charge in [0.1, 0.15) is 11.5 Å². The highest BCUT2D eigenvalue weighted by Gasteiger charge is 2.46. The minimum atomic E-state index is -0.636. The van der Waals surface area contributed by atoms with Crippen LogP contribution in [0, 0.1) is 12.8 Å². The Labute approximate surface area is 194 Å². The van der Waals surface area contributed by atoms with Gasteiger partial charge in [0.2, 0.25) is 0 Å². The summed E-state index contributed by atoms with van der Waals surface area (Å²) in [5.41, 5.74) is 1.52. The Balaban J connectivity index is 1.98. The van der Waals surface area contributed by atoms with E-state index in [2.05, 4.69) is 13.8 Å². The first-order valence-corrected chi connectivity index (χ1v) is 11.8. The molecule has 0 spiro atoms. The Bertz CT molecular complexity index is 995.